The Kier molecular flexibility index (Phi) is 5.52. The van der Waals surface area contributed by atoms with Crippen LogP contribution in [0.4, 0.5) is 11.4 Å². The number of carbonyl (C=O) groups is 2. The molecule has 168 valence electrons. The maximum absolute atomic E-state index is 13.6. The molecule has 3 aromatic carbocycles. The van der Waals surface area contributed by atoms with Gasteiger partial charge < -0.3 is 9.84 Å². The third kappa shape index (κ3) is 3.64. The number of imide groups is 1. The van der Waals surface area contributed by atoms with Crippen molar-refractivity contribution in [2.75, 3.05) is 17.1 Å². The number of anilines is 2. The van der Waals surface area contributed by atoms with Crippen molar-refractivity contribution in [2.24, 2.45) is 5.92 Å². The summed E-state index contributed by atoms with van der Waals surface area (Å²) in [5.41, 5.74) is 1.78. The number of ether oxygens (including phenoxy) is 1. The summed E-state index contributed by atoms with van der Waals surface area (Å²) in [6.07, 6.45) is -0.998. The van der Waals surface area contributed by atoms with Gasteiger partial charge in [-0.15, -0.1) is 0 Å². The van der Waals surface area contributed by atoms with E-state index in [4.69, 9.17) is 21.2 Å². The van der Waals surface area contributed by atoms with Crippen molar-refractivity contribution in [3.8, 4) is 11.5 Å². The highest BCUT2D eigenvalue weighted by Crippen LogP contribution is 2.48. The lowest BCUT2D eigenvalue weighted by atomic mass is 9.90. The first kappa shape index (κ1) is 21.8. The summed E-state index contributed by atoms with van der Waals surface area (Å²) in [4.78, 5) is 34.2. The molecule has 2 fully saturated rings. The summed E-state index contributed by atoms with van der Waals surface area (Å²) < 4.78 is 6.11. The molecule has 0 aromatic heterocycles. The molecular formula is C24H18BrClN2O5. The first-order valence-corrected chi connectivity index (χ1v) is 11.3. The number of benzene rings is 3. The second kappa shape index (κ2) is 8.37. The Morgan fingerprint density at radius 1 is 0.970 bits per heavy atom. The molecular weight excluding hydrogens is 512 g/mol. The summed E-state index contributed by atoms with van der Waals surface area (Å²) in [6.45, 7) is 0. The Morgan fingerprint density at radius 3 is 2.30 bits per heavy atom. The van der Waals surface area contributed by atoms with E-state index in [-0.39, 0.29) is 17.4 Å². The van der Waals surface area contributed by atoms with Gasteiger partial charge in [-0.25, -0.2) is 9.96 Å². The Bertz CT molecular complexity index is 1230. The topological polar surface area (TPSA) is 79.3 Å². The van der Waals surface area contributed by atoms with E-state index in [0.29, 0.717) is 22.0 Å². The van der Waals surface area contributed by atoms with Crippen molar-refractivity contribution < 1.29 is 24.3 Å². The molecule has 5 rings (SSSR count). The van der Waals surface area contributed by atoms with Crippen LogP contribution in [0.5, 0.6) is 11.5 Å². The average molecular weight is 530 g/mol. The van der Waals surface area contributed by atoms with Crippen LogP contribution in [-0.4, -0.2) is 30.1 Å². The number of phenols is 1. The normalized spacial score (nSPS) is 22.1. The van der Waals surface area contributed by atoms with Crippen LogP contribution < -0.4 is 14.7 Å². The third-order valence-corrected chi connectivity index (χ3v) is 6.61. The quantitative estimate of drug-likeness (QED) is 0.486. The van der Waals surface area contributed by atoms with Gasteiger partial charge in [0.15, 0.2) is 17.6 Å². The lowest BCUT2D eigenvalue weighted by molar-refractivity contribution is -0.126. The summed E-state index contributed by atoms with van der Waals surface area (Å²) in [6, 6.07) is 18.1. The number of halogens is 2. The first-order chi connectivity index (χ1) is 15.9. The molecule has 1 N–H and O–H groups in total. The fraction of sp³-hybridized carbons (Fsp3) is 0.167. The monoisotopic (exact) mass is 528 g/mol. The SMILES string of the molecule is COc1cc([C@H]2[C@@H]3C(=O)N(c4ccc(Br)cc4)C(=O)[C@H]3ON2c2ccc(Cl)cc2)ccc1O. The lowest BCUT2D eigenvalue weighted by Crippen LogP contribution is -2.37. The number of rotatable bonds is 4. The molecule has 33 heavy (non-hydrogen) atoms. The fourth-order valence-electron chi connectivity index (χ4n) is 4.29. The zero-order valence-corrected chi connectivity index (χ0v) is 19.7. The summed E-state index contributed by atoms with van der Waals surface area (Å²) in [5, 5.41) is 12.2. The number of carbonyl (C=O) groups excluding carboxylic acids is 2. The largest absolute Gasteiger partial charge is 0.504 e. The molecule has 2 amide bonds. The van der Waals surface area contributed by atoms with Crippen LogP contribution >= 0.6 is 27.5 Å². The van der Waals surface area contributed by atoms with Gasteiger partial charge in [0.1, 0.15) is 5.92 Å². The molecule has 7 nitrogen and oxygen atoms in total. The van der Waals surface area contributed by atoms with Gasteiger partial charge in [-0.05, 0) is 66.2 Å². The molecule has 3 atom stereocenters. The second-order valence-electron chi connectivity index (χ2n) is 7.72. The predicted molar refractivity (Wildman–Crippen MR) is 126 cm³/mol. The van der Waals surface area contributed by atoms with Crippen LogP contribution in [0.1, 0.15) is 11.6 Å². The Hall–Kier alpha value is -3.07. The van der Waals surface area contributed by atoms with Gasteiger partial charge in [0.2, 0.25) is 5.91 Å². The molecule has 0 bridgehead atoms. The Labute approximate surface area is 203 Å². The lowest BCUT2D eigenvalue weighted by Gasteiger charge is -2.29. The van der Waals surface area contributed by atoms with Crippen molar-refractivity contribution >= 4 is 50.7 Å². The van der Waals surface area contributed by atoms with Crippen molar-refractivity contribution in [1.29, 1.82) is 0 Å². The van der Waals surface area contributed by atoms with Crippen molar-refractivity contribution in [1.82, 2.24) is 0 Å². The van der Waals surface area contributed by atoms with Crippen LogP contribution in [-0.2, 0) is 14.4 Å². The standard InChI is InChI=1S/C24H18BrClN2O5/c1-32-19-12-13(2-11-18(19)29)21-20-22(33-28(21)17-9-5-15(26)6-10-17)24(31)27(23(20)30)16-7-3-14(25)4-8-16/h2-12,20-22,29H,1H3/t20-,21-,22-/m0/s1. The molecule has 0 aliphatic carbocycles. The van der Waals surface area contributed by atoms with E-state index in [9.17, 15) is 14.7 Å². The molecule has 0 spiro atoms. The smallest absolute Gasteiger partial charge is 0.266 e. The molecule has 0 saturated carbocycles. The minimum Gasteiger partial charge on any atom is -0.504 e. The van der Waals surface area contributed by atoms with E-state index in [0.717, 1.165) is 4.47 Å². The summed E-state index contributed by atoms with van der Waals surface area (Å²) in [5.74, 6) is -1.36. The van der Waals surface area contributed by atoms with Crippen LogP contribution in [0.15, 0.2) is 71.2 Å². The van der Waals surface area contributed by atoms with Crippen molar-refractivity contribution in [3.05, 3.63) is 81.8 Å². The zero-order chi connectivity index (χ0) is 23.3. The Morgan fingerprint density at radius 2 is 1.64 bits per heavy atom. The molecule has 2 aliphatic rings. The number of nitrogens with zero attached hydrogens (tertiary/aromatic N) is 2. The average Bonchev–Trinajstić information content (AvgIpc) is 3.32. The van der Waals surface area contributed by atoms with Crippen LogP contribution in [0.3, 0.4) is 0 Å². The van der Waals surface area contributed by atoms with E-state index in [2.05, 4.69) is 15.9 Å². The summed E-state index contributed by atoms with van der Waals surface area (Å²) in [7, 11) is 1.45. The molecule has 3 aromatic rings. The minimum atomic E-state index is -0.998. The fourth-order valence-corrected chi connectivity index (χ4v) is 4.68. The van der Waals surface area contributed by atoms with E-state index in [1.54, 1.807) is 65.7 Å². The number of hydrogen-bond acceptors (Lipinski definition) is 6. The van der Waals surface area contributed by atoms with E-state index in [1.165, 1.54) is 18.1 Å². The maximum atomic E-state index is 13.6. The third-order valence-electron chi connectivity index (χ3n) is 5.83. The number of aromatic hydroxyl groups is 1. The predicted octanol–water partition coefficient (Wildman–Crippen LogP) is 4.87. The van der Waals surface area contributed by atoms with Crippen molar-refractivity contribution in [3.63, 3.8) is 0 Å². The van der Waals surface area contributed by atoms with Gasteiger partial charge in [-0.1, -0.05) is 33.6 Å². The van der Waals surface area contributed by atoms with E-state index >= 15 is 0 Å². The van der Waals surface area contributed by atoms with Crippen molar-refractivity contribution in [2.45, 2.75) is 12.1 Å². The number of phenolic OH excluding ortho intramolecular Hbond substituents is 1. The first-order valence-electron chi connectivity index (χ1n) is 10.1. The van der Waals surface area contributed by atoms with E-state index < -0.39 is 24.0 Å². The van der Waals surface area contributed by atoms with Gasteiger partial charge in [0, 0.05) is 9.50 Å². The molecule has 0 unspecified atom stereocenters. The van der Waals surface area contributed by atoms with Gasteiger partial charge in [-0.2, -0.15) is 0 Å². The molecule has 2 heterocycles. The molecule has 0 radical (unpaired) electrons. The molecule has 2 aliphatic heterocycles. The van der Waals surface area contributed by atoms with Crippen LogP contribution in [0, 0.1) is 5.92 Å². The van der Waals surface area contributed by atoms with Gasteiger partial charge in [0.05, 0.1) is 24.5 Å². The Balaban J connectivity index is 1.60. The number of methoxy groups -OCH3 is 1. The molecule has 9 heteroatoms. The number of hydrogen-bond donors (Lipinski definition) is 1. The van der Waals surface area contributed by atoms with Crippen LogP contribution in [0.25, 0.3) is 0 Å². The van der Waals surface area contributed by atoms with E-state index in [1.807, 2.05) is 0 Å². The second-order valence-corrected chi connectivity index (χ2v) is 9.07. The highest BCUT2D eigenvalue weighted by Gasteiger charge is 2.60. The van der Waals surface area contributed by atoms with Gasteiger partial charge in [-0.3, -0.25) is 14.4 Å². The minimum absolute atomic E-state index is 0.0277. The maximum Gasteiger partial charge on any atom is 0.266 e. The highest BCUT2D eigenvalue weighted by molar-refractivity contribution is 9.10. The zero-order valence-electron chi connectivity index (χ0n) is 17.3. The van der Waals surface area contributed by atoms with Crippen LogP contribution in [0.2, 0.25) is 5.02 Å². The van der Waals surface area contributed by atoms with Gasteiger partial charge >= 0.3 is 0 Å². The van der Waals surface area contributed by atoms with Gasteiger partial charge in [0.25, 0.3) is 5.91 Å². The number of hydroxylamine groups is 1. The number of amides is 2. The summed E-state index contributed by atoms with van der Waals surface area (Å²) >= 11 is 9.42. The molecule has 2 saturated heterocycles. The number of fused-ring (bicyclic) bond motifs is 1. The highest BCUT2D eigenvalue weighted by atomic mass is 79.9.